The molecule has 1 saturated carbocycles. The summed E-state index contributed by atoms with van der Waals surface area (Å²) in [6.07, 6.45) is 8.48. The Morgan fingerprint density at radius 1 is 1.21 bits per heavy atom. The summed E-state index contributed by atoms with van der Waals surface area (Å²) < 4.78 is 0. The number of fused-ring (bicyclic) bond motifs is 1. The van der Waals surface area contributed by atoms with Crippen molar-refractivity contribution in [3.63, 3.8) is 0 Å². The Morgan fingerprint density at radius 2 is 2.11 bits per heavy atom. The molecule has 1 heteroatoms. The molecule has 0 spiro atoms. The number of likely N-dealkylation sites (N-methyl/N-ethyl adjacent to an activating group) is 1. The average molecular weight is 255 g/mol. The van der Waals surface area contributed by atoms with E-state index >= 15 is 0 Å². The van der Waals surface area contributed by atoms with E-state index in [4.69, 9.17) is 0 Å². The molecule has 1 heterocycles. The van der Waals surface area contributed by atoms with E-state index in [2.05, 4.69) is 37.1 Å². The molecule has 1 aliphatic heterocycles. The molecule has 1 saturated heterocycles. The normalized spacial score (nSPS) is 37.6. The fourth-order valence-corrected chi connectivity index (χ4v) is 5.31. The van der Waals surface area contributed by atoms with E-state index in [1.807, 2.05) is 0 Å². The largest absolute Gasteiger partial charge is 0.303 e. The predicted octanol–water partition coefficient (Wildman–Crippen LogP) is 3.68. The molecule has 0 aromatic heterocycles. The highest BCUT2D eigenvalue weighted by Gasteiger charge is 2.52. The molecular weight excluding hydrogens is 230 g/mol. The Labute approximate surface area is 117 Å². The van der Waals surface area contributed by atoms with Crippen LogP contribution in [0.3, 0.4) is 0 Å². The fourth-order valence-electron chi connectivity index (χ4n) is 5.31. The first-order valence-corrected chi connectivity index (χ1v) is 8.01. The summed E-state index contributed by atoms with van der Waals surface area (Å²) in [5.41, 5.74) is 5.38. The molecule has 1 aromatic rings. The highest BCUT2D eigenvalue weighted by molar-refractivity contribution is 5.43. The quantitative estimate of drug-likeness (QED) is 0.683. The topological polar surface area (TPSA) is 3.24 Å². The maximum absolute atomic E-state index is 2.65. The minimum Gasteiger partial charge on any atom is -0.303 e. The fraction of sp³-hybridized carbons (Fsp3) is 0.667. The first-order chi connectivity index (χ1) is 9.21. The van der Waals surface area contributed by atoms with Gasteiger partial charge in [-0.3, -0.25) is 0 Å². The van der Waals surface area contributed by atoms with Gasteiger partial charge in [0.1, 0.15) is 0 Å². The molecule has 1 unspecified atom stereocenters. The molecule has 19 heavy (non-hydrogen) atoms. The van der Waals surface area contributed by atoms with Crippen LogP contribution in [-0.4, -0.2) is 24.5 Å². The van der Waals surface area contributed by atoms with E-state index in [1.165, 1.54) is 50.6 Å². The number of benzene rings is 1. The van der Waals surface area contributed by atoms with E-state index in [-0.39, 0.29) is 0 Å². The summed E-state index contributed by atoms with van der Waals surface area (Å²) in [6.45, 7) is 3.56. The molecular formula is C18H25N. The van der Waals surface area contributed by atoms with Crippen LogP contribution >= 0.6 is 0 Å². The third kappa shape index (κ3) is 1.57. The summed E-state index contributed by atoms with van der Waals surface area (Å²) in [5, 5.41) is 0. The maximum atomic E-state index is 2.65. The SMILES string of the molecule is Cc1ccc2c(c1)C13CCCC[C@H]1[C@@H](C2)N(C)CC3. The zero-order chi connectivity index (χ0) is 13.0. The van der Waals surface area contributed by atoms with Crippen LogP contribution in [0.25, 0.3) is 0 Å². The number of rotatable bonds is 0. The van der Waals surface area contributed by atoms with E-state index < -0.39 is 0 Å². The highest BCUT2D eigenvalue weighted by atomic mass is 15.1. The lowest BCUT2D eigenvalue weighted by Crippen LogP contribution is -2.59. The van der Waals surface area contributed by atoms with Crippen molar-refractivity contribution >= 4 is 0 Å². The molecule has 0 amide bonds. The zero-order valence-electron chi connectivity index (χ0n) is 12.3. The number of piperidine rings is 1. The summed E-state index contributed by atoms with van der Waals surface area (Å²) >= 11 is 0. The summed E-state index contributed by atoms with van der Waals surface area (Å²) in [6, 6.07) is 8.07. The van der Waals surface area contributed by atoms with E-state index in [1.54, 1.807) is 11.1 Å². The van der Waals surface area contributed by atoms with Crippen molar-refractivity contribution < 1.29 is 0 Å². The highest BCUT2D eigenvalue weighted by Crippen LogP contribution is 2.55. The first-order valence-electron chi connectivity index (χ1n) is 8.01. The van der Waals surface area contributed by atoms with Gasteiger partial charge in [-0.05, 0) is 63.2 Å². The molecule has 0 N–H and O–H groups in total. The number of likely N-dealkylation sites (tertiary alicyclic amines) is 1. The van der Waals surface area contributed by atoms with Gasteiger partial charge in [-0.25, -0.2) is 0 Å². The van der Waals surface area contributed by atoms with Gasteiger partial charge in [-0.1, -0.05) is 36.6 Å². The monoisotopic (exact) mass is 255 g/mol. The molecule has 4 rings (SSSR count). The average Bonchev–Trinajstić information content (AvgIpc) is 2.43. The number of hydrogen-bond donors (Lipinski definition) is 0. The summed E-state index contributed by atoms with van der Waals surface area (Å²) in [5.74, 6) is 0.925. The van der Waals surface area contributed by atoms with Gasteiger partial charge in [0, 0.05) is 11.5 Å². The van der Waals surface area contributed by atoms with Gasteiger partial charge >= 0.3 is 0 Å². The van der Waals surface area contributed by atoms with Crippen molar-refractivity contribution in [2.24, 2.45) is 5.92 Å². The van der Waals surface area contributed by atoms with Gasteiger partial charge in [0.25, 0.3) is 0 Å². The van der Waals surface area contributed by atoms with E-state index in [0.717, 1.165) is 12.0 Å². The second-order valence-electron chi connectivity index (χ2n) is 7.17. The van der Waals surface area contributed by atoms with Crippen LogP contribution in [0.1, 0.15) is 48.8 Å². The molecule has 3 aliphatic rings. The molecule has 0 radical (unpaired) electrons. The standard InChI is InChI=1S/C18H25N/c1-13-6-7-14-12-17-15-5-3-4-8-18(15,16(14)11-13)9-10-19(17)2/h6-7,11,15,17H,3-5,8-10,12H2,1-2H3/t15-,17+,18?/m0/s1. The van der Waals surface area contributed by atoms with Gasteiger partial charge < -0.3 is 4.90 Å². The Bertz CT molecular complexity index is 506. The lowest BCUT2D eigenvalue weighted by atomic mass is 9.52. The van der Waals surface area contributed by atoms with Crippen LogP contribution < -0.4 is 0 Å². The summed E-state index contributed by atoms with van der Waals surface area (Å²) in [4.78, 5) is 2.65. The Balaban J connectivity index is 1.90. The Morgan fingerprint density at radius 3 is 3.00 bits per heavy atom. The van der Waals surface area contributed by atoms with Gasteiger partial charge in [0.2, 0.25) is 0 Å². The van der Waals surface area contributed by atoms with Crippen molar-refractivity contribution in [2.75, 3.05) is 13.6 Å². The zero-order valence-corrected chi connectivity index (χ0v) is 12.3. The van der Waals surface area contributed by atoms with Gasteiger partial charge in [-0.15, -0.1) is 0 Å². The van der Waals surface area contributed by atoms with E-state index in [9.17, 15) is 0 Å². The number of aryl methyl sites for hydroxylation is 1. The molecule has 102 valence electrons. The van der Waals surface area contributed by atoms with Crippen molar-refractivity contribution in [2.45, 2.75) is 56.9 Å². The molecule has 2 bridgehead atoms. The second-order valence-corrected chi connectivity index (χ2v) is 7.17. The minimum atomic E-state index is 0.537. The minimum absolute atomic E-state index is 0.537. The number of hydrogen-bond acceptors (Lipinski definition) is 1. The van der Waals surface area contributed by atoms with E-state index in [0.29, 0.717) is 5.41 Å². The smallest absolute Gasteiger partial charge is 0.0169 e. The first kappa shape index (κ1) is 12.0. The van der Waals surface area contributed by atoms with Crippen molar-refractivity contribution in [3.05, 3.63) is 34.9 Å². The van der Waals surface area contributed by atoms with Gasteiger partial charge in [0.05, 0.1) is 0 Å². The number of nitrogens with zero attached hydrogens (tertiary/aromatic N) is 1. The summed E-state index contributed by atoms with van der Waals surface area (Å²) in [7, 11) is 2.35. The molecule has 1 nitrogen and oxygen atoms in total. The lowest BCUT2D eigenvalue weighted by Gasteiger charge is -2.58. The molecule has 2 aliphatic carbocycles. The molecule has 2 fully saturated rings. The predicted molar refractivity (Wildman–Crippen MR) is 79.6 cm³/mol. The third-order valence-corrected chi connectivity index (χ3v) is 6.27. The van der Waals surface area contributed by atoms with Gasteiger partial charge in [0.15, 0.2) is 0 Å². The molecule has 3 atom stereocenters. The van der Waals surface area contributed by atoms with Crippen molar-refractivity contribution in [1.29, 1.82) is 0 Å². The van der Waals surface area contributed by atoms with Crippen LogP contribution in [0.2, 0.25) is 0 Å². The van der Waals surface area contributed by atoms with Crippen molar-refractivity contribution in [1.82, 2.24) is 4.90 Å². The van der Waals surface area contributed by atoms with Crippen molar-refractivity contribution in [3.8, 4) is 0 Å². The Kier molecular flexibility index (Phi) is 2.57. The third-order valence-electron chi connectivity index (χ3n) is 6.27. The lowest BCUT2D eigenvalue weighted by molar-refractivity contribution is 0.00283. The van der Waals surface area contributed by atoms with Crippen LogP contribution in [0.15, 0.2) is 18.2 Å². The second kappa shape index (κ2) is 4.09. The van der Waals surface area contributed by atoms with Crippen LogP contribution in [0.5, 0.6) is 0 Å². The molecule has 1 aromatic carbocycles. The maximum Gasteiger partial charge on any atom is 0.0169 e. The Hall–Kier alpha value is -0.820. The van der Waals surface area contributed by atoms with Crippen LogP contribution in [0.4, 0.5) is 0 Å². The van der Waals surface area contributed by atoms with Crippen LogP contribution in [0, 0.1) is 12.8 Å². The van der Waals surface area contributed by atoms with Crippen LogP contribution in [-0.2, 0) is 11.8 Å². The van der Waals surface area contributed by atoms with Gasteiger partial charge in [-0.2, -0.15) is 0 Å².